The lowest BCUT2D eigenvalue weighted by Gasteiger charge is -2.16. The molecule has 0 aliphatic heterocycles. The first-order chi connectivity index (χ1) is 9.06. The van der Waals surface area contributed by atoms with Gasteiger partial charge in [-0.15, -0.1) is 0 Å². The van der Waals surface area contributed by atoms with Crippen LogP contribution in [0.5, 0.6) is 0 Å². The third kappa shape index (κ3) is 3.76. The van der Waals surface area contributed by atoms with Gasteiger partial charge in [0.15, 0.2) is 0 Å². The molecule has 2 aromatic heterocycles. The fourth-order valence-corrected chi connectivity index (χ4v) is 2.12. The number of imidazole rings is 1. The van der Waals surface area contributed by atoms with E-state index in [1.54, 1.807) is 0 Å². The zero-order valence-electron chi connectivity index (χ0n) is 11.8. The molecule has 2 aromatic rings. The maximum atomic E-state index is 9.77. The van der Waals surface area contributed by atoms with Crippen molar-refractivity contribution < 1.29 is 5.11 Å². The summed E-state index contributed by atoms with van der Waals surface area (Å²) in [5, 5.41) is 13.0. The molecule has 0 aliphatic carbocycles. The normalized spacial score (nSPS) is 13.3. The van der Waals surface area contributed by atoms with Crippen LogP contribution >= 0.6 is 0 Å². The lowest BCUT2D eigenvalue weighted by Crippen LogP contribution is -2.34. The topological polar surface area (TPSA) is 52.8 Å². The molecule has 2 heterocycles. The highest BCUT2D eigenvalue weighted by Crippen LogP contribution is 2.08. The third-order valence-corrected chi connectivity index (χ3v) is 3.01. The van der Waals surface area contributed by atoms with E-state index < -0.39 is 0 Å². The van der Waals surface area contributed by atoms with Crippen molar-refractivity contribution in [2.45, 2.75) is 19.6 Å². The molecule has 0 bridgehead atoms. The molecule has 0 spiro atoms. The molecule has 0 saturated carbocycles. The molecule has 0 amide bonds. The third-order valence-electron chi connectivity index (χ3n) is 3.01. The minimum absolute atomic E-state index is 0.351. The van der Waals surface area contributed by atoms with Gasteiger partial charge in [-0.2, -0.15) is 0 Å². The standard InChI is InChI=1S/C14H22N4O/c1-11-4-5-18-12(8-16-14(18)6-11)7-15-9-13(19)10-17(2)3/h4-6,8,13,15,19H,7,9-10H2,1-3H3. The van der Waals surface area contributed by atoms with E-state index in [1.807, 2.05) is 31.4 Å². The predicted molar refractivity (Wildman–Crippen MR) is 76.2 cm³/mol. The van der Waals surface area contributed by atoms with E-state index in [1.165, 1.54) is 5.56 Å². The van der Waals surface area contributed by atoms with Gasteiger partial charge >= 0.3 is 0 Å². The Bertz CT molecular complexity index is 535. The van der Waals surface area contributed by atoms with Crippen LogP contribution in [-0.2, 0) is 6.54 Å². The van der Waals surface area contributed by atoms with Gasteiger partial charge in [0.25, 0.3) is 0 Å². The molecule has 0 saturated heterocycles. The van der Waals surface area contributed by atoms with Gasteiger partial charge in [0.2, 0.25) is 0 Å². The minimum Gasteiger partial charge on any atom is -0.390 e. The van der Waals surface area contributed by atoms with Gasteiger partial charge in [-0.3, -0.25) is 0 Å². The predicted octanol–water partition coefficient (Wildman–Crippen LogP) is 0.655. The van der Waals surface area contributed by atoms with E-state index in [9.17, 15) is 5.11 Å². The summed E-state index contributed by atoms with van der Waals surface area (Å²) in [6.07, 6.45) is 3.56. The van der Waals surface area contributed by atoms with Crippen LogP contribution in [0.1, 0.15) is 11.3 Å². The number of nitrogens with zero attached hydrogens (tertiary/aromatic N) is 3. The van der Waals surface area contributed by atoms with Crippen molar-refractivity contribution in [3.05, 3.63) is 35.8 Å². The molecule has 2 rings (SSSR count). The fraction of sp³-hybridized carbons (Fsp3) is 0.500. The highest BCUT2D eigenvalue weighted by Gasteiger charge is 2.06. The summed E-state index contributed by atoms with van der Waals surface area (Å²) in [6, 6.07) is 4.13. The van der Waals surface area contributed by atoms with Gasteiger partial charge in [0, 0.05) is 25.8 Å². The second-order valence-electron chi connectivity index (χ2n) is 5.23. The molecular weight excluding hydrogens is 240 g/mol. The van der Waals surface area contributed by atoms with Crippen LogP contribution in [0.15, 0.2) is 24.5 Å². The molecule has 5 heteroatoms. The number of aryl methyl sites for hydroxylation is 1. The number of rotatable bonds is 6. The monoisotopic (exact) mass is 262 g/mol. The summed E-state index contributed by atoms with van der Waals surface area (Å²) >= 11 is 0. The number of likely N-dealkylation sites (N-methyl/N-ethyl adjacent to an activating group) is 1. The maximum absolute atomic E-state index is 9.77. The smallest absolute Gasteiger partial charge is 0.137 e. The van der Waals surface area contributed by atoms with E-state index in [0.717, 1.165) is 11.3 Å². The SMILES string of the molecule is Cc1ccn2c(CNCC(O)CN(C)C)cnc2c1. The number of aliphatic hydroxyl groups is 1. The largest absolute Gasteiger partial charge is 0.390 e. The van der Waals surface area contributed by atoms with E-state index in [2.05, 4.69) is 33.8 Å². The number of hydrogen-bond donors (Lipinski definition) is 2. The van der Waals surface area contributed by atoms with Crippen molar-refractivity contribution in [1.29, 1.82) is 0 Å². The van der Waals surface area contributed by atoms with Gasteiger partial charge in [0.1, 0.15) is 5.65 Å². The zero-order chi connectivity index (χ0) is 13.8. The Morgan fingerprint density at radius 1 is 1.47 bits per heavy atom. The number of aliphatic hydroxyl groups excluding tert-OH is 1. The Morgan fingerprint density at radius 2 is 2.26 bits per heavy atom. The summed E-state index contributed by atoms with van der Waals surface area (Å²) < 4.78 is 2.07. The van der Waals surface area contributed by atoms with Crippen LogP contribution in [-0.4, -0.2) is 52.7 Å². The van der Waals surface area contributed by atoms with Crippen molar-refractivity contribution in [3.8, 4) is 0 Å². The lowest BCUT2D eigenvalue weighted by molar-refractivity contribution is 0.134. The van der Waals surface area contributed by atoms with Crippen molar-refractivity contribution >= 4 is 5.65 Å². The molecule has 5 nitrogen and oxygen atoms in total. The van der Waals surface area contributed by atoms with Crippen LogP contribution in [0.4, 0.5) is 0 Å². The molecule has 0 fully saturated rings. The first-order valence-corrected chi connectivity index (χ1v) is 6.52. The minimum atomic E-state index is -0.351. The summed E-state index contributed by atoms with van der Waals surface area (Å²) in [6.45, 7) is 4.01. The average molecular weight is 262 g/mol. The molecule has 0 aromatic carbocycles. The molecule has 104 valence electrons. The number of aromatic nitrogens is 2. The summed E-state index contributed by atoms with van der Waals surface area (Å²) in [4.78, 5) is 6.35. The first-order valence-electron chi connectivity index (χ1n) is 6.52. The second kappa shape index (κ2) is 6.14. The molecular formula is C14H22N4O. The van der Waals surface area contributed by atoms with Gasteiger partial charge in [-0.25, -0.2) is 4.98 Å². The highest BCUT2D eigenvalue weighted by atomic mass is 16.3. The van der Waals surface area contributed by atoms with Gasteiger partial charge in [0.05, 0.1) is 18.0 Å². The van der Waals surface area contributed by atoms with E-state index in [0.29, 0.717) is 19.6 Å². The van der Waals surface area contributed by atoms with Crippen LogP contribution in [0.25, 0.3) is 5.65 Å². The quantitative estimate of drug-likeness (QED) is 0.803. The molecule has 19 heavy (non-hydrogen) atoms. The molecule has 0 radical (unpaired) electrons. The van der Waals surface area contributed by atoms with E-state index in [4.69, 9.17) is 0 Å². The zero-order valence-corrected chi connectivity index (χ0v) is 11.8. The number of pyridine rings is 1. The van der Waals surface area contributed by atoms with E-state index >= 15 is 0 Å². The Hall–Kier alpha value is -1.43. The lowest BCUT2D eigenvalue weighted by atomic mass is 10.3. The Kier molecular flexibility index (Phi) is 4.52. The van der Waals surface area contributed by atoms with Gasteiger partial charge in [-0.05, 0) is 38.7 Å². The summed E-state index contributed by atoms with van der Waals surface area (Å²) in [7, 11) is 3.91. The van der Waals surface area contributed by atoms with Crippen LogP contribution < -0.4 is 5.32 Å². The highest BCUT2D eigenvalue weighted by molar-refractivity contribution is 5.42. The van der Waals surface area contributed by atoms with Gasteiger partial charge in [-0.1, -0.05) is 0 Å². The van der Waals surface area contributed by atoms with Crippen LogP contribution in [0, 0.1) is 6.92 Å². The van der Waals surface area contributed by atoms with E-state index in [-0.39, 0.29) is 6.10 Å². The number of nitrogens with one attached hydrogen (secondary N) is 1. The maximum Gasteiger partial charge on any atom is 0.137 e. The summed E-state index contributed by atoms with van der Waals surface area (Å²) in [5.41, 5.74) is 3.27. The van der Waals surface area contributed by atoms with Crippen molar-refractivity contribution in [1.82, 2.24) is 19.6 Å². The number of fused-ring (bicyclic) bond motifs is 1. The molecule has 1 atom stereocenters. The Morgan fingerprint density at radius 3 is 3.00 bits per heavy atom. The Labute approximate surface area is 113 Å². The molecule has 2 N–H and O–H groups in total. The fourth-order valence-electron chi connectivity index (χ4n) is 2.12. The van der Waals surface area contributed by atoms with Crippen LogP contribution in [0.2, 0.25) is 0 Å². The molecule has 0 aliphatic rings. The average Bonchev–Trinajstić information content (AvgIpc) is 2.70. The van der Waals surface area contributed by atoms with Gasteiger partial charge < -0.3 is 19.7 Å². The Balaban J connectivity index is 1.91. The summed E-state index contributed by atoms with van der Waals surface area (Å²) in [5.74, 6) is 0. The van der Waals surface area contributed by atoms with Crippen molar-refractivity contribution in [2.24, 2.45) is 0 Å². The van der Waals surface area contributed by atoms with Crippen LogP contribution in [0.3, 0.4) is 0 Å². The van der Waals surface area contributed by atoms with Crippen molar-refractivity contribution in [3.63, 3.8) is 0 Å². The number of hydrogen-bond acceptors (Lipinski definition) is 4. The molecule has 1 unspecified atom stereocenters. The second-order valence-corrected chi connectivity index (χ2v) is 5.23. The van der Waals surface area contributed by atoms with Crippen molar-refractivity contribution in [2.75, 3.05) is 27.2 Å². The first kappa shape index (κ1) is 14.0.